The van der Waals surface area contributed by atoms with E-state index in [9.17, 15) is 19.3 Å². The van der Waals surface area contributed by atoms with Crippen LogP contribution in [0.1, 0.15) is 18.9 Å². The highest BCUT2D eigenvalue weighted by molar-refractivity contribution is 6.48. The summed E-state index contributed by atoms with van der Waals surface area (Å²) < 4.78 is 19.6. The van der Waals surface area contributed by atoms with Gasteiger partial charge in [-0.2, -0.15) is 0 Å². The maximum absolute atomic E-state index is 14.2. The Hall–Kier alpha value is -1.93. The second kappa shape index (κ2) is 12.7. The highest BCUT2D eigenvalue weighted by Crippen LogP contribution is 2.29. The molecule has 34 heavy (non-hydrogen) atoms. The molecule has 2 atom stereocenters. The molecule has 0 radical (unpaired) electrons. The molecule has 0 aromatic heterocycles. The minimum absolute atomic E-state index is 0.0816. The quantitative estimate of drug-likeness (QED) is 0.341. The normalized spacial score (nSPS) is 16.1. The molecule has 2 aromatic carbocycles. The lowest BCUT2D eigenvalue weighted by molar-refractivity contribution is -0.150. The molecule has 1 saturated heterocycles. The second-order valence-corrected chi connectivity index (χ2v) is 9.86. The third-order valence-corrected chi connectivity index (χ3v) is 6.63. The summed E-state index contributed by atoms with van der Waals surface area (Å²) in [5.41, 5.74) is 2.26. The van der Waals surface area contributed by atoms with E-state index in [2.05, 4.69) is 4.90 Å². The lowest BCUT2D eigenvalue weighted by Crippen LogP contribution is -2.51. The fourth-order valence-corrected chi connectivity index (χ4v) is 4.95. The van der Waals surface area contributed by atoms with E-state index in [1.165, 1.54) is 12.1 Å². The van der Waals surface area contributed by atoms with E-state index >= 15 is 0 Å². The van der Waals surface area contributed by atoms with Crippen molar-refractivity contribution < 1.29 is 24.1 Å². The van der Waals surface area contributed by atoms with Crippen LogP contribution in [0.15, 0.2) is 42.5 Å². The van der Waals surface area contributed by atoms with Gasteiger partial charge in [0.2, 0.25) is 0 Å². The number of carbonyl (C=O) groups excluding carboxylic acids is 1. The van der Waals surface area contributed by atoms with Crippen molar-refractivity contribution in [2.24, 2.45) is 17.8 Å². The smallest absolute Gasteiger partial charge is 0.310 e. The van der Waals surface area contributed by atoms with Gasteiger partial charge in [0.1, 0.15) is 5.82 Å². The van der Waals surface area contributed by atoms with Crippen molar-refractivity contribution in [3.8, 4) is 11.1 Å². The van der Waals surface area contributed by atoms with Crippen LogP contribution in [0.4, 0.5) is 4.39 Å². The summed E-state index contributed by atoms with van der Waals surface area (Å²) in [7, 11) is 0. The third kappa shape index (κ3) is 7.54. The Morgan fingerprint density at radius 1 is 1.26 bits per heavy atom. The SMILES string of the molecule is CCOC(=O)[C@@H](C[C@H](CB(C)O)Cc1ccc(-c2cc(Cl)ccc2F)cc1)CN1CC(CO)C1. The van der Waals surface area contributed by atoms with Crippen molar-refractivity contribution in [3.05, 3.63) is 58.9 Å². The van der Waals surface area contributed by atoms with Gasteiger partial charge < -0.3 is 19.8 Å². The van der Waals surface area contributed by atoms with Crippen molar-refractivity contribution in [3.63, 3.8) is 0 Å². The molecule has 0 bridgehead atoms. The highest BCUT2D eigenvalue weighted by atomic mass is 35.5. The first-order chi connectivity index (χ1) is 16.3. The van der Waals surface area contributed by atoms with Crippen LogP contribution >= 0.6 is 11.6 Å². The van der Waals surface area contributed by atoms with Crippen LogP contribution in [0, 0.1) is 23.6 Å². The summed E-state index contributed by atoms with van der Waals surface area (Å²) in [6.45, 7) is 5.74. The van der Waals surface area contributed by atoms with Crippen molar-refractivity contribution in [2.75, 3.05) is 32.8 Å². The van der Waals surface area contributed by atoms with E-state index in [0.29, 0.717) is 42.9 Å². The molecule has 0 spiro atoms. The number of aliphatic hydroxyl groups is 1. The number of rotatable bonds is 12. The molecule has 184 valence electrons. The largest absolute Gasteiger partial charge is 0.466 e. The summed E-state index contributed by atoms with van der Waals surface area (Å²) in [6, 6.07) is 12.2. The highest BCUT2D eigenvalue weighted by Gasteiger charge is 2.33. The molecule has 8 heteroatoms. The summed E-state index contributed by atoms with van der Waals surface area (Å²) in [5, 5.41) is 19.9. The van der Waals surface area contributed by atoms with Gasteiger partial charge in [-0.1, -0.05) is 42.7 Å². The molecule has 1 fully saturated rings. The molecule has 1 heterocycles. The Kier molecular flexibility index (Phi) is 9.95. The summed E-state index contributed by atoms with van der Waals surface area (Å²) >= 11 is 6.03. The maximum Gasteiger partial charge on any atom is 0.310 e. The van der Waals surface area contributed by atoms with Crippen LogP contribution in [0.3, 0.4) is 0 Å². The molecule has 5 nitrogen and oxygen atoms in total. The van der Waals surface area contributed by atoms with Crippen LogP contribution in [0.2, 0.25) is 18.2 Å². The number of carbonyl (C=O) groups is 1. The van der Waals surface area contributed by atoms with Gasteiger partial charge in [0, 0.05) is 42.7 Å². The van der Waals surface area contributed by atoms with Gasteiger partial charge in [0.15, 0.2) is 0 Å². The van der Waals surface area contributed by atoms with Gasteiger partial charge >= 0.3 is 5.97 Å². The molecular weight excluding hydrogens is 456 g/mol. The zero-order chi connectivity index (χ0) is 24.7. The van der Waals surface area contributed by atoms with Crippen LogP contribution in [0.25, 0.3) is 11.1 Å². The first kappa shape index (κ1) is 26.7. The van der Waals surface area contributed by atoms with Crippen LogP contribution in [-0.4, -0.2) is 60.8 Å². The van der Waals surface area contributed by atoms with Gasteiger partial charge in [0.25, 0.3) is 6.92 Å². The van der Waals surface area contributed by atoms with E-state index in [4.69, 9.17) is 16.3 Å². The Balaban J connectivity index is 1.71. The topological polar surface area (TPSA) is 70.0 Å². The molecule has 3 rings (SSSR count). The molecule has 0 aliphatic carbocycles. The number of aliphatic hydroxyl groups excluding tert-OH is 1. The van der Waals surface area contributed by atoms with Crippen LogP contribution < -0.4 is 0 Å². The van der Waals surface area contributed by atoms with Gasteiger partial charge in [-0.05, 0) is 61.3 Å². The Labute approximate surface area is 207 Å². The van der Waals surface area contributed by atoms with Gasteiger partial charge in [0.05, 0.1) is 12.5 Å². The van der Waals surface area contributed by atoms with Crippen molar-refractivity contribution in [1.82, 2.24) is 4.90 Å². The monoisotopic (exact) mass is 489 g/mol. The van der Waals surface area contributed by atoms with Gasteiger partial charge in [-0.15, -0.1) is 0 Å². The minimum Gasteiger partial charge on any atom is -0.466 e. The number of nitrogens with zero attached hydrogens (tertiary/aromatic N) is 1. The van der Waals surface area contributed by atoms with E-state index in [-0.39, 0.29) is 36.1 Å². The van der Waals surface area contributed by atoms with Crippen molar-refractivity contribution >= 4 is 24.5 Å². The molecule has 1 aliphatic heterocycles. The first-order valence-corrected chi connectivity index (χ1v) is 12.4. The van der Waals surface area contributed by atoms with Crippen LogP contribution in [-0.2, 0) is 16.0 Å². The molecule has 0 unspecified atom stereocenters. The summed E-state index contributed by atoms with van der Waals surface area (Å²) in [6.07, 6.45) is 1.87. The fraction of sp³-hybridized carbons (Fsp3) is 0.500. The molecule has 0 saturated carbocycles. The Bertz CT molecular complexity index is 937. The molecule has 2 N–H and O–H groups in total. The number of ether oxygens (including phenoxy) is 1. The van der Waals surface area contributed by atoms with E-state index in [0.717, 1.165) is 24.2 Å². The average Bonchev–Trinajstić information content (AvgIpc) is 2.77. The van der Waals surface area contributed by atoms with Crippen molar-refractivity contribution in [2.45, 2.75) is 32.9 Å². The standard InChI is InChI=1S/C26H34BClFNO4/c1-3-34-26(32)22(16-30-14-20(15-30)17-31)11-19(13-27(2)33)10-18-4-6-21(7-5-18)24-12-23(28)8-9-25(24)29/h4-9,12,19-20,22,31,33H,3,10-11,13-17H2,1-2H3/t19-,22+/m1/s1. The van der Waals surface area contributed by atoms with E-state index in [1.54, 1.807) is 19.8 Å². The number of likely N-dealkylation sites (tertiary alicyclic amines) is 1. The first-order valence-electron chi connectivity index (χ1n) is 12.0. The molecule has 0 amide bonds. The zero-order valence-electron chi connectivity index (χ0n) is 19.9. The maximum atomic E-state index is 14.2. The third-order valence-electron chi connectivity index (χ3n) is 6.40. The molecule has 2 aromatic rings. The average molecular weight is 490 g/mol. The number of hydrogen-bond donors (Lipinski definition) is 2. The lowest BCUT2D eigenvalue weighted by atomic mass is 9.62. The van der Waals surface area contributed by atoms with Crippen molar-refractivity contribution in [1.29, 1.82) is 0 Å². The number of halogens is 2. The number of hydrogen-bond acceptors (Lipinski definition) is 5. The fourth-order valence-electron chi connectivity index (χ4n) is 4.78. The molecular formula is C26H34BClFNO4. The predicted molar refractivity (Wildman–Crippen MR) is 134 cm³/mol. The van der Waals surface area contributed by atoms with E-state index in [1.807, 2.05) is 24.3 Å². The predicted octanol–water partition coefficient (Wildman–Crippen LogP) is 4.41. The Morgan fingerprint density at radius 3 is 2.59 bits per heavy atom. The minimum atomic E-state index is -0.490. The van der Waals surface area contributed by atoms with Crippen LogP contribution in [0.5, 0.6) is 0 Å². The molecule has 1 aliphatic rings. The number of benzene rings is 2. The lowest BCUT2D eigenvalue weighted by Gasteiger charge is -2.40. The van der Waals surface area contributed by atoms with Gasteiger partial charge in [-0.3, -0.25) is 4.79 Å². The van der Waals surface area contributed by atoms with E-state index < -0.39 is 6.92 Å². The second-order valence-electron chi connectivity index (χ2n) is 9.43. The summed E-state index contributed by atoms with van der Waals surface area (Å²) in [4.78, 5) is 14.9. The Morgan fingerprint density at radius 2 is 1.97 bits per heavy atom. The number of esters is 1. The zero-order valence-corrected chi connectivity index (χ0v) is 20.7. The summed E-state index contributed by atoms with van der Waals surface area (Å²) in [5.74, 6) is -0.464. The van der Waals surface area contributed by atoms with Gasteiger partial charge in [-0.25, -0.2) is 4.39 Å².